The van der Waals surface area contributed by atoms with E-state index in [1.165, 1.54) is 7.05 Å². The average molecular weight is 420 g/mol. The number of nitrogens with zero attached hydrogens (tertiary/aromatic N) is 1. The third-order valence-electron chi connectivity index (χ3n) is 3.16. The molecule has 0 radical (unpaired) electrons. The summed E-state index contributed by atoms with van der Waals surface area (Å²) >= 11 is 0. The third kappa shape index (κ3) is 15.9. The number of amides is 2. The lowest BCUT2D eigenvalue weighted by molar-refractivity contribution is -0.143. The van der Waals surface area contributed by atoms with Crippen LogP contribution in [0.15, 0.2) is 12.3 Å². The predicted molar refractivity (Wildman–Crippen MR) is 104 cm³/mol. The average Bonchev–Trinajstić information content (AvgIpc) is 3.09. The van der Waals surface area contributed by atoms with Crippen LogP contribution in [0, 0.1) is 0 Å². The molecule has 0 saturated carbocycles. The Morgan fingerprint density at radius 2 is 1.59 bits per heavy atom. The summed E-state index contributed by atoms with van der Waals surface area (Å²) in [6.07, 6.45) is 1.27. The molecule has 4 N–H and O–H groups in total. The fourth-order valence-electron chi connectivity index (χ4n) is 1.94. The standard InChI is InChI=1S/C10H13NO5.C5H10O2.CH5N.2CH2O/c1-7(16-6-13)8(4-5-12)11-9(14)2-3-10(11)15;1-2-5(7)3-4-6;3*1-2/h6,8,12H,1-5H2;6H,2-4H2,1H3;2H2,1H3;2*1H2. The summed E-state index contributed by atoms with van der Waals surface area (Å²) in [5.74, 6) is -0.548. The first-order valence-electron chi connectivity index (χ1n) is 8.45. The van der Waals surface area contributed by atoms with Crippen LogP contribution in [0.1, 0.15) is 39.0 Å². The molecule has 1 heterocycles. The molecule has 1 aliphatic heterocycles. The molecule has 0 aromatic rings. The summed E-state index contributed by atoms with van der Waals surface area (Å²) in [4.78, 5) is 60.3. The number of hydrogen-bond donors (Lipinski definition) is 3. The molecule has 0 aromatic carbocycles. The van der Waals surface area contributed by atoms with E-state index in [1.54, 1.807) is 6.92 Å². The van der Waals surface area contributed by atoms with Crippen LogP contribution in [0.25, 0.3) is 0 Å². The molecule has 11 nitrogen and oxygen atoms in total. The molecular weight excluding hydrogens is 388 g/mol. The summed E-state index contributed by atoms with van der Waals surface area (Å²) in [6.45, 7) is 9.19. The van der Waals surface area contributed by atoms with E-state index in [0.29, 0.717) is 12.8 Å². The van der Waals surface area contributed by atoms with Crippen LogP contribution in [-0.2, 0) is 33.5 Å². The third-order valence-corrected chi connectivity index (χ3v) is 3.16. The monoisotopic (exact) mass is 420 g/mol. The van der Waals surface area contributed by atoms with E-state index in [1.807, 2.05) is 13.6 Å². The molecule has 1 saturated heterocycles. The minimum Gasteiger partial charge on any atom is -0.432 e. The van der Waals surface area contributed by atoms with Gasteiger partial charge < -0.3 is 30.3 Å². The van der Waals surface area contributed by atoms with Gasteiger partial charge in [-0.1, -0.05) is 13.5 Å². The Morgan fingerprint density at radius 3 is 1.86 bits per heavy atom. The van der Waals surface area contributed by atoms with Gasteiger partial charge in [-0.05, 0) is 13.5 Å². The molecule has 1 aliphatic rings. The van der Waals surface area contributed by atoms with E-state index in [-0.39, 0.29) is 62.3 Å². The molecule has 1 rings (SSSR count). The molecular formula is C18H32N2O9. The molecule has 1 unspecified atom stereocenters. The lowest BCUT2D eigenvalue weighted by Gasteiger charge is -2.25. The highest BCUT2D eigenvalue weighted by atomic mass is 16.5. The number of aliphatic hydroxyl groups excluding tert-OH is 2. The first kappa shape index (κ1) is 33.8. The van der Waals surface area contributed by atoms with Crippen LogP contribution in [0.4, 0.5) is 0 Å². The number of Topliss-reactive ketones (excluding diaryl/α,β-unsaturated/α-hetero) is 1. The van der Waals surface area contributed by atoms with Gasteiger partial charge in [0.15, 0.2) is 0 Å². The van der Waals surface area contributed by atoms with Gasteiger partial charge in [0.1, 0.15) is 25.1 Å². The summed E-state index contributed by atoms with van der Waals surface area (Å²) in [6, 6.07) is -0.766. The molecule has 0 spiro atoms. The van der Waals surface area contributed by atoms with Crippen LogP contribution < -0.4 is 5.73 Å². The van der Waals surface area contributed by atoms with Crippen LogP contribution in [0.2, 0.25) is 0 Å². The summed E-state index contributed by atoms with van der Waals surface area (Å²) in [5.41, 5.74) is 4.50. The van der Waals surface area contributed by atoms with Crippen molar-refractivity contribution in [3.63, 3.8) is 0 Å². The topological polar surface area (TPSA) is 181 Å². The lowest BCUT2D eigenvalue weighted by Crippen LogP contribution is -2.41. The first-order valence-corrected chi connectivity index (χ1v) is 8.45. The zero-order valence-corrected chi connectivity index (χ0v) is 17.0. The Balaban J connectivity index is -0.000000202. The SMILES string of the molecule is C=C(OC=O)C(CCO)N1C(=O)CCC1=O.C=O.C=O.CCC(=O)CCO.CN. The van der Waals surface area contributed by atoms with E-state index in [9.17, 15) is 19.2 Å². The van der Waals surface area contributed by atoms with Crippen molar-refractivity contribution in [3.05, 3.63) is 12.3 Å². The second-order valence-corrected chi connectivity index (χ2v) is 4.73. The van der Waals surface area contributed by atoms with Crippen molar-refractivity contribution < 1.29 is 43.7 Å². The zero-order valence-electron chi connectivity index (χ0n) is 17.0. The second-order valence-electron chi connectivity index (χ2n) is 4.73. The van der Waals surface area contributed by atoms with E-state index >= 15 is 0 Å². The minimum absolute atomic E-state index is 0.00681. The molecule has 0 aliphatic carbocycles. The fraction of sp³-hybridized carbons (Fsp3) is 0.556. The number of carbonyl (C=O) groups excluding carboxylic acids is 6. The molecule has 2 amide bonds. The van der Waals surface area contributed by atoms with Crippen molar-refractivity contribution in [1.29, 1.82) is 0 Å². The number of nitrogens with two attached hydrogens (primary N) is 1. The van der Waals surface area contributed by atoms with Crippen molar-refractivity contribution in [3.8, 4) is 0 Å². The van der Waals surface area contributed by atoms with Crippen molar-refractivity contribution in [2.24, 2.45) is 5.73 Å². The number of rotatable bonds is 9. The molecule has 0 aromatic heterocycles. The summed E-state index contributed by atoms with van der Waals surface area (Å²) in [5, 5.41) is 17.0. The molecule has 168 valence electrons. The molecule has 29 heavy (non-hydrogen) atoms. The molecule has 1 fully saturated rings. The van der Waals surface area contributed by atoms with Gasteiger partial charge >= 0.3 is 0 Å². The number of ether oxygens (including phenoxy) is 1. The van der Waals surface area contributed by atoms with Crippen molar-refractivity contribution >= 4 is 37.6 Å². The quantitative estimate of drug-likeness (QED) is 0.241. The van der Waals surface area contributed by atoms with Crippen LogP contribution in [0.5, 0.6) is 0 Å². The van der Waals surface area contributed by atoms with Crippen LogP contribution in [0.3, 0.4) is 0 Å². The van der Waals surface area contributed by atoms with E-state index in [4.69, 9.17) is 19.8 Å². The van der Waals surface area contributed by atoms with Gasteiger partial charge in [0.25, 0.3) is 6.47 Å². The van der Waals surface area contributed by atoms with Crippen molar-refractivity contribution in [2.75, 3.05) is 20.3 Å². The summed E-state index contributed by atoms with van der Waals surface area (Å²) < 4.78 is 4.53. The second kappa shape index (κ2) is 25.2. The molecule has 1 atom stereocenters. The van der Waals surface area contributed by atoms with E-state index < -0.39 is 6.04 Å². The van der Waals surface area contributed by atoms with Gasteiger partial charge in [-0.25, -0.2) is 0 Å². The Morgan fingerprint density at radius 1 is 1.14 bits per heavy atom. The zero-order chi connectivity index (χ0) is 23.8. The fourth-order valence-corrected chi connectivity index (χ4v) is 1.94. The van der Waals surface area contributed by atoms with Crippen molar-refractivity contribution in [2.45, 2.75) is 45.1 Å². The normalized spacial score (nSPS) is 12.2. The van der Waals surface area contributed by atoms with Gasteiger partial charge in [0.05, 0.1) is 6.04 Å². The van der Waals surface area contributed by atoms with Gasteiger partial charge in [-0.15, -0.1) is 0 Å². The van der Waals surface area contributed by atoms with Crippen LogP contribution >= 0.6 is 0 Å². The van der Waals surface area contributed by atoms with E-state index in [2.05, 4.69) is 17.0 Å². The smallest absolute Gasteiger partial charge is 0.298 e. The maximum Gasteiger partial charge on any atom is 0.298 e. The number of aliphatic hydroxyl groups is 2. The van der Waals surface area contributed by atoms with Gasteiger partial charge in [0, 0.05) is 38.9 Å². The predicted octanol–water partition coefficient (Wildman–Crippen LogP) is -0.874. The molecule has 11 heteroatoms. The number of carbonyl (C=O) groups is 6. The Labute approximate surface area is 170 Å². The number of likely N-dealkylation sites (tertiary alicyclic amines) is 1. The van der Waals surface area contributed by atoms with Gasteiger partial charge in [0.2, 0.25) is 11.8 Å². The summed E-state index contributed by atoms with van der Waals surface area (Å²) in [7, 11) is 1.50. The van der Waals surface area contributed by atoms with Crippen LogP contribution in [-0.4, -0.2) is 79.1 Å². The Bertz CT molecular complexity index is 466. The number of hydrogen-bond acceptors (Lipinski definition) is 10. The number of imide groups is 1. The number of ketones is 1. The highest BCUT2D eigenvalue weighted by Crippen LogP contribution is 2.21. The highest BCUT2D eigenvalue weighted by molar-refractivity contribution is 6.02. The maximum absolute atomic E-state index is 11.4. The Hall–Kier alpha value is -2.76. The van der Waals surface area contributed by atoms with Crippen molar-refractivity contribution in [1.82, 2.24) is 4.90 Å². The lowest BCUT2D eigenvalue weighted by atomic mass is 10.1. The first-order chi connectivity index (χ1) is 13.9. The highest BCUT2D eigenvalue weighted by Gasteiger charge is 2.36. The maximum atomic E-state index is 11.4. The Kier molecular flexibility index (Phi) is 29.4. The van der Waals surface area contributed by atoms with E-state index in [0.717, 1.165) is 4.90 Å². The minimum atomic E-state index is -0.766. The van der Waals surface area contributed by atoms with Gasteiger partial charge in [-0.3, -0.25) is 24.1 Å². The largest absolute Gasteiger partial charge is 0.432 e. The molecule has 0 bridgehead atoms. The van der Waals surface area contributed by atoms with Gasteiger partial charge in [-0.2, -0.15) is 0 Å².